The van der Waals surface area contributed by atoms with Gasteiger partial charge in [-0.25, -0.2) is 0 Å². The van der Waals surface area contributed by atoms with Gasteiger partial charge >= 0.3 is 5.97 Å². The monoisotopic (exact) mass is 237 g/mol. The van der Waals surface area contributed by atoms with Gasteiger partial charge in [0.15, 0.2) is 0 Å². The summed E-state index contributed by atoms with van der Waals surface area (Å²) in [4.78, 5) is 13.8. The van der Waals surface area contributed by atoms with Crippen LogP contribution in [-0.2, 0) is 4.79 Å². The third-order valence-corrected chi connectivity index (χ3v) is 2.85. The molecule has 2 rings (SSSR count). The Hall–Kier alpha value is -1.48. The van der Waals surface area contributed by atoms with E-state index in [1.54, 1.807) is 0 Å². The number of carboxylic acids is 1. The number of halogens is 1. The Kier molecular flexibility index (Phi) is 2.88. The molecule has 0 amide bonds. The van der Waals surface area contributed by atoms with Crippen molar-refractivity contribution in [2.24, 2.45) is 0 Å². The fourth-order valence-electron chi connectivity index (χ4n) is 1.76. The number of hydrogen-bond donors (Lipinski definition) is 2. The summed E-state index contributed by atoms with van der Waals surface area (Å²) in [6.45, 7) is 1.89. The van der Waals surface area contributed by atoms with E-state index in [-0.39, 0.29) is 12.3 Å². The van der Waals surface area contributed by atoms with Gasteiger partial charge in [0.05, 0.1) is 6.42 Å². The quantitative estimate of drug-likeness (QED) is 0.860. The normalized spacial score (nSPS) is 12.9. The fraction of sp³-hybridized carbons (Fsp3) is 0.250. The Morgan fingerprint density at radius 1 is 1.50 bits per heavy atom. The van der Waals surface area contributed by atoms with Gasteiger partial charge in [-0.05, 0) is 23.6 Å². The first kappa shape index (κ1) is 11.0. The van der Waals surface area contributed by atoms with Crippen molar-refractivity contribution in [3.05, 3.63) is 35.0 Å². The number of H-pyrrole nitrogens is 1. The van der Waals surface area contributed by atoms with Gasteiger partial charge in [-0.1, -0.05) is 24.6 Å². The summed E-state index contributed by atoms with van der Waals surface area (Å²) in [7, 11) is 0. The van der Waals surface area contributed by atoms with E-state index >= 15 is 0 Å². The molecule has 1 aromatic heterocycles. The van der Waals surface area contributed by atoms with Crippen molar-refractivity contribution in [1.29, 1.82) is 0 Å². The van der Waals surface area contributed by atoms with E-state index in [1.165, 1.54) is 0 Å². The molecule has 16 heavy (non-hydrogen) atoms. The molecule has 0 aliphatic heterocycles. The number of aliphatic carboxylic acids is 1. The van der Waals surface area contributed by atoms with Crippen molar-refractivity contribution in [3.63, 3.8) is 0 Å². The molecule has 1 unspecified atom stereocenters. The van der Waals surface area contributed by atoms with Crippen LogP contribution in [0.15, 0.2) is 24.3 Å². The molecule has 3 nitrogen and oxygen atoms in total. The van der Waals surface area contributed by atoms with Crippen LogP contribution in [0, 0.1) is 0 Å². The second kappa shape index (κ2) is 4.18. The van der Waals surface area contributed by atoms with Crippen LogP contribution in [0.2, 0.25) is 5.02 Å². The molecule has 0 aliphatic rings. The van der Waals surface area contributed by atoms with E-state index < -0.39 is 5.97 Å². The van der Waals surface area contributed by atoms with Crippen LogP contribution in [0.25, 0.3) is 10.9 Å². The number of benzene rings is 1. The summed E-state index contributed by atoms with van der Waals surface area (Å²) in [5.74, 6) is -0.812. The summed E-state index contributed by atoms with van der Waals surface area (Å²) >= 11 is 5.88. The second-order valence-electron chi connectivity index (χ2n) is 3.96. The van der Waals surface area contributed by atoms with E-state index in [0.717, 1.165) is 16.6 Å². The smallest absolute Gasteiger partial charge is 0.304 e. The maximum atomic E-state index is 10.6. The zero-order valence-electron chi connectivity index (χ0n) is 8.83. The highest BCUT2D eigenvalue weighted by atomic mass is 35.5. The predicted molar refractivity (Wildman–Crippen MR) is 64.0 cm³/mol. The van der Waals surface area contributed by atoms with Crippen molar-refractivity contribution in [2.75, 3.05) is 0 Å². The molecule has 0 bridgehead atoms. The maximum Gasteiger partial charge on any atom is 0.304 e. The van der Waals surface area contributed by atoms with Gasteiger partial charge in [-0.2, -0.15) is 0 Å². The fourth-order valence-corrected chi connectivity index (χ4v) is 1.93. The van der Waals surface area contributed by atoms with Crippen molar-refractivity contribution in [1.82, 2.24) is 4.98 Å². The average Bonchev–Trinajstić information content (AvgIpc) is 2.59. The molecule has 0 fully saturated rings. The summed E-state index contributed by atoms with van der Waals surface area (Å²) in [6, 6.07) is 7.56. The van der Waals surface area contributed by atoms with Gasteiger partial charge < -0.3 is 10.1 Å². The number of carboxylic acid groups (broad SMARTS) is 1. The van der Waals surface area contributed by atoms with Crippen molar-refractivity contribution < 1.29 is 9.90 Å². The minimum Gasteiger partial charge on any atom is -0.481 e. The van der Waals surface area contributed by atoms with E-state index in [2.05, 4.69) is 4.98 Å². The van der Waals surface area contributed by atoms with Gasteiger partial charge in [0.2, 0.25) is 0 Å². The van der Waals surface area contributed by atoms with E-state index in [0.29, 0.717) is 5.02 Å². The molecule has 2 N–H and O–H groups in total. The lowest BCUT2D eigenvalue weighted by Crippen LogP contribution is -2.02. The molecule has 4 heteroatoms. The van der Waals surface area contributed by atoms with Crippen LogP contribution in [0.4, 0.5) is 0 Å². The zero-order valence-corrected chi connectivity index (χ0v) is 9.58. The standard InChI is InChI=1S/C12H12ClNO2/c1-7(4-12(15)16)10-5-8-2-3-9(13)6-11(8)14-10/h2-3,5-7,14H,4H2,1H3,(H,15,16). The Labute approximate surface area is 98.0 Å². The molecule has 1 aromatic carbocycles. The number of hydrogen-bond acceptors (Lipinski definition) is 1. The molecule has 0 radical (unpaired) electrons. The second-order valence-corrected chi connectivity index (χ2v) is 4.39. The third kappa shape index (κ3) is 2.19. The predicted octanol–water partition coefficient (Wildman–Crippen LogP) is 3.40. The van der Waals surface area contributed by atoms with E-state index in [4.69, 9.17) is 16.7 Å². The molecular weight excluding hydrogens is 226 g/mol. The lowest BCUT2D eigenvalue weighted by atomic mass is 10.0. The van der Waals surface area contributed by atoms with Crippen molar-refractivity contribution in [2.45, 2.75) is 19.3 Å². The highest BCUT2D eigenvalue weighted by Gasteiger charge is 2.12. The summed E-state index contributed by atoms with van der Waals surface area (Å²) < 4.78 is 0. The van der Waals surface area contributed by atoms with Crippen LogP contribution in [-0.4, -0.2) is 16.1 Å². The summed E-state index contributed by atoms with van der Waals surface area (Å²) in [5, 5.41) is 10.5. The molecule has 1 atom stereocenters. The van der Waals surface area contributed by atoms with Gasteiger partial charge in [0.1, 0.15) is 0 Å². The lowest BCUT2D eigenvalue weighted by Gasteiger charge is -2.04. The van der Waals surface area contributed by atoms with E-state index in [9.17, 15) is 4.79 Å². The first-order valence-corrected chi connectivity index (χ1v) is 5.44. The molecule has 0 saturated heterocycles. The minimum absolute atomic E-state index is 0.0244. The summed E-state index contributed by atoms with van der Waals surface area (Å²) in [6.07, 6.45) is 0.126. The zero-order chi connectivity index (χ0) is 11.7. The number of aromatic nitrogens is 1. The molecule has 2 aromatic rings. The van der Waals surface area contributed by atoms with Gasteiger partial charge in [0.25, 0.3) is 0 Å². The first-order valence-electron chi connectivity index (χ1n) is 5.06. The van der Waals surface area contributed by atoms with Crippen LogP contribution >= 0.6 is 11.6 Å². The Balaban J connectivity index is 2.35. The first-order chi connectivity index (χ1) is 7.56. The van der Waals surface area contributed by atoms with Crippen molar-refractivity contribution in [3.8, 4) is 0 Å². The third-order valence-electron chi connectivity index (χ3n) is 2.62. The van der Waals surface area contributed by atoms with E-state index in [1.807, 2.05) is 31.2 Å². The highest BCUT2D eigenvalue weighted by Crippen LogP contribution is 2.25. The Bertz CT molecular complexity index is 533. The maximum absolute atomic E-state index is 10.6. The number of aromatic amines is 1. The van der Waals surface area contributed by atoms with Crippen LogP contribution in [0.5, 0.6) is 0 Å². The lowest BCUT2D eigenvalue weighted by molar-refractivity contribution is -0.137. The number of nitrogens with one attached hydrogen (secondary N) is 1. The highest BCUT2D eigenvalue weighted by molar-refractivity contribution is 6.31. The number of carbonyl (C=O) groups is 1. The topological polar surface area (TPSA) is 53.1 Å². The Morgan fingerprint density at radius 2 is 2.25 bits per heavy atom. The minimum atomic E-state index is -0.788. The molecule has 0 spiro atoms. The molecule has 0 aliphatic carbocycles. The average molecular weight is 238 g/mol. The van der Waals surface area contributed by atoms with Gasteiger partial charge in [0, 0.05) is 22.2 Å². The molecule has 1 heterocycles. The summed E-state index contributed by atoms with van der Waals surface area (Å²) in [5.41, 5.74) is 1.87. The molecule has 0 saturated carbocycles. The SMILES string of the molecule is CC(CC(=O)O)c1cc2ccc(Cl)cc2[nH]1. The van der Waals surface area contributed by atoms with Crippen molar-refractivity contribution >= 4 is 28.5 Å². The van der Waals surface area contributed by atoms with Crippen LogP contribution in [0.1, 0.15) is 25.0 Å². The number of fused-ring (bicyclic) bond motifs is 1. The Morgan fingerprint density at radius 3 is 2.94 bits per heavy atom. The van der Waals surface area contributed by atoms with Gasteiger partial charge in [-0.15, -0.1) is 0 Å². The molecule has 84 valence electrons. The van der Waals surface area contributed by atoms with Crippen LogP contribution < -0.4 is 0 Å². The van der Waals surface area contributed by atoms with Gasteiger partial charge in [-0.3, -0.25) is 4.79 Å². The van der Waals surface area contributed by atoms with Crippen LogP contribution in [0.3, 0.4) is 0 Å². The number of rotatable bonds is 3. The molecular formula is C12H12ClNO2. The largest absolute Gasteiger partial charge is 0.481 e.